The lowest BCUT2D eigenvalue weighted by atomic mass is 10.2. The van der Waals surface area contributed by atoms with Crippen LogP contribution in [0.5, 0.6) is 5.75 Å². The van der Waals surface area contributed by atoms with Crippen molar-refractivity contribution in [1.82, 2.24) is 9.38 Å². The quantitative estimate of drug-likeness (QED) is 0.717. The fourth-order valence-corrected chi connectivity index (χ4v) is 3.65. The lowest BCUT2D eigenvalue weighted by Gasteiger charge is -2.05. The summed E-state index contributed by atoms with van der Waals surface area (Å²) in [5.74, 6) is 1.13. The number of benzene rings is 1. The third kappa shape index (κ3) is 3.15. The lowest BCUT2D eigenvalue weighted by Crippen LogP contribution is -2.12. The summed E-state index contributed by atoms with van der Waals surface area (Å²) in [7, 11) is 1.44. The molecule has 0 radical (unpaired) electrons. The predicted octanol–water partition coefficient (Wildman–Crippen LogP) is 3.34. The highest BCUT2D eigenvalue weighted by atomic mass is 32.2. The molecule has 7 heteroatoms. The van der Waals surface area contributed by atoms with E-state index in [0.29, 0.717) is 16.5 Å². The largest absolute Gasteiger partial charge is 0.494 e. The third-order valence-electron chi connectivity index (χ3n) is 3.09. The van der Waals surface area contributed by atoms with Gasteiger partial charge in [-0.2, -0.15) is 11.8 Å². The first-order chi connectivity index (χ1) is 10.7. The van der Waals surface area contributed by atoms with Gasteiger partial charge < -0.3 is 4.74 Å². The number of hydrogen-bond donors (Lipinski definition) is 0. The Kier molecular flexibility index (Phi) is 4.44. The number of aromatic nitrogens is 2. The Morgan fingerprint density at radius 1 is 1.36 bits per heavy atom. The van der Waals surface area contributed by atoms with Gasteiger partial charge in [-0.05, 0) is 17.7 Å². The van der Waals surface area contributed by atoms with E-state index in [1.807, 2.05) is 11.4 Å². The Balaban J connectivity index is 1.67. The van der Waals surface area contributed by atoms with Crippen LogP contribution in [-0.4, -0.2) is 16.5 Å². The van der Waals surface area contributed by atoms with Crippen LogP contribution in [0, 0.1) is 5.82 Å². The minimum atomic E-state index is -0.364. The van der Waals surface area contributed by atoms with Crippen LogP contribution in [0.1, 0.15) is 11.3 Å². The highest BCUT2D eigenvalue weighted by Crippen LogP contribution is 2.22. The monoisotopic (exact) mass is 336 g/mol. The zero-order valence-corrected chi connectivity index (χ0v) is 13.4. The minimum Gasteiger partial charge on any atom is -0.494 e. The van der Waals surface area contributed by atoms with Gasteiger partial charge in [-0.15, -0.1) is 11.3 Å². The van der Waals surface area contributed by atoms with E-state index < -0.39 is 0 Å². The topological polar surface area (TPSA) is 43.6 Å². The molecule has 0 bridgehead atoms. The second-order valence-corrected chi connectivity index (χ2v) is 6.46. The number of rotatable bonds is 5. The summed E-state index contributed by atoms with van der Waals surface area (Å²) in [5.41, 5.74) is 1.54. The normalized spacial score (nSPS) is 11.0. The second-order valence-electron chi connectivity index (χ2n) is 4.60. The summed E-state index contributed by atoms with van der Waals surface area (Å²) in [6.07, 6.45) is 1.71. The average molecular weight is 336 g/mol. The first kappa shape index (κ1) is 15.1. The molecule has 0 aliphatic rings. The van der Waals surface area contributed by atoms with E-state index in [0.717, 1.165) is 11.3 Å². The number of methoxy groups -OCH3 is 1. The van der Waals surface area contributed by atoms with Crippen molar-refractivity contribution >= 4 is 28.1 Å². The Hall–Kier alpha value is -1.86. The molecule has 0 atom stereocenters. The maximum atomic E-state index is 13.6. The van der Waals surface area contributed by atoms with Crippen LogP contribution >= 0.6 is 23.1 Å². The summed E-state index contributed by atoms with van der Waals surface area (Å²) >= 11 is 3.02. The van der Waals surface area contributed by atoms with Crippen molar-refractivity contribution in [2.75, 3.05) is 7.11 Å². The summed E-state index contributed by atoms with van der Waals surface area (Å²) in [6, 6.07) is 6.46. The highest BCUT2D eigenvalue weighted by Gasteiger charge is 2.06. The van der Waals surface area contributed by atoms with Gasteiger partial charge in [0.05, 0.1) is 12.8 Å². The molecule has 22 heavy (non-hydrogen) atoms. The zero-order valence-electron chi connectivity index (χ0n) is 11.8. The standard InChI is InChI=1S/C15H13FN2O2S2/c1-20-13-3-2-10(6-12(13)16)8-21-9-11-7-14(19)18-4-5-22-15(18)17-11/h2-7H,8-9H2,1H3. The van der Waals surface area contributed by atoms with E-state index in [4.69, 9.17) is 4.74 Å². The molecule has 2 heterocycles. The van der Waals surface area contributed by atoms with Gasteiger partial charge in [0.25, 0.3) is 5.56 Å². The summed E-state index contributed by atoms with van der Waals surface area (Å²) in [5, 5.41) is 1.83. The van der Waals surface area contributed by atoms with Crippen LogP contribution in [0.2, 0.25) is 0 Å². The maximum absolute atomic E-state index is 13.6. The van der Waals surface area contributed by atoms with Crippen LogP contribution in [-0.2, 0) is 11.5 Å². The van der Waals surface area contributed by atoms with Crippen molar-refractivity contribution in [3.8, 4) is 5.75 Å². The van der Waals surface area contributed by atoms with Gasteiger partial charge in [-0.1, -0.05) is 6.07 Å². The molecule has 0 N–H and O–H groups in total. The minimum absolute atomic E-state index is 0.0719. The van der Waals surface area contributed by atoms with Gasteiger partial charge in [0, 0.05) is 29.1 Å². The molecular weight excluding hydrogens is 323 g/mol. The number of thioether (sulfide) groups is 1. The van der Waals surface area contributed by atoms with E-state index in [2.05, 4.69) is 4.98 Å². The van der Waals surface area contributed by atoms with Gasteiger partial charge in [0.1, 0.15) is 0 Å². The van der Waals surface area contributed by atoms with Gasteiger partial charge in [-0.25, -0.2) is 9.37 Å². The smallest absolute Gasteiger partial charge is 0.258 e. The lowest BCUT2D eigenvalue weighted by molar-refractivity contribution is 0.386. The Morgan fingerprint density at radius 2 is 2.23 bits per heavy atom. The van der Waals surface area contributed by atoms with Crippen molar-refractivity contribution in [2.24, 2.45) is 0 Å². The van der Waals surface area contributed by atoms with Gasteiger partial charge in [-0.3, -0.25) is 9.20 Å². The van der Waals surface area contributed by atoms with E-state index >= 15 is 0 Å². The predicted molar refractivity (Wildman–Crippen MR) is 87.3 cm³/mol. The van der Waals surface area contributed by atoms with E-state index in [1.54, 1.807) is 30.1 Å². The molecule has 4 nitrogen and oxygen atoms in total. The van der Waals surface area contributed by atoms with Crippen LogP contribution in [0.3, 0.4) is 0 Å². The maximum Gasteiger partial charge on any atom is 0.258 e. The molecule has 0 amide bonds. The molecule has 3 rings (SSSR count). The molecule has 1 aromatic carbocycles. The fraction of sp³-hybridized carbons (Fsp3) is 0.200. The van der Waals surface area contributed by atoms with Gasteiger partial charge >= 0.3 is 0 Å². The van der Waals surface area contributed by atoms with E-state index in [-0.39, 0.29) is 17.1 Å². The summed E-state index contributed by atoms with van der Waals surface area (Å²) < 4.78 is 20.0. The van der Waals surface area contributed by atoms with Crippen molar-refractivity contribution in [3.63, 3.8) is 0 Å². The second kappa shape index (κ2) is 6.50. The van der Waals surface area contributed by atoms with E-state index in [9.17, 15) is 9.18 Å². The average Bonchev–Trinajstić information content (AvgIpc) is 2.96. The van der Waals surface area contributed by atoms with Gasteiger partial charge in [0.2, 0.25) is 0 Å². The van der Waals surface area contributed by atoms with Crippen LogP contribution < -0.4 is 10.3 Å². The Labute approximate surface area is 134 Å². The number of nitrogens with zero attached hydrogens (tertiary/aromatic N) is 2. The van der Waals surface area contributed by atoms with Crippen molar-refractivity contribution in [1.29, 1.82) is 0 Å². The van der Waals surface area contributed by atoms with E-state index in [1.165, 1.54) is 28.9 Å². The summed E-state index contributed by atoms with van der Waals surface area (Å²) in [4.78, 5) is 17.0. The molecule has 2 aromatic heterocycles. The molecule has 0 aliphatic heterocycles. The molecule has 0 saturated heterocycles. The first-order valence-corrected chi connectivity index (χ1v) is 8.57. The Bertz CT molecular complexity index is 860. The number of ether oxygens (including phenoxy) is 1. The zero-order chi connectivity index (χ0) is 15.5. The first-order valence-electron chi connectivity index (χ1n) is 6.53. The molecule has 0 saturated carbocycles. The fourth-order valence-electron chi connectivity index (χ4n) is 2.03. The van der Waals surface area contributed by atoms with Crippen molar-refractivity contribution in [3.05, 3.63) is 63.3 Å². The molecule has 0 unspecified atom stereocenters. The SMILES string of the molecule is COc1ccc(CSCc2cc(=O)n3ccsc3n2)cc1F. The molecule has 114 valence electrons. The molecule has 0 spiro atoms. The number of halogens is 1. The molecule has 3 aromatic rings. The number of hydrogen-bond acceptors (Lipinski definition) is 5. The van der Waals surface area contributed by atoms with Crippen LogP contribution in [0.15, 0.2) is 40.6 Å². The number of thiazole rings is 1. The van der Waals surface area contributed by atoms with Crippen molar-refractivity contribution < 1.29 is 9.13 Å². The van der Waals surface area contributed by atoms with Gasteiger partial charge in [0.15, 0.2) is 16.5 Å². The molecular formula is C15H13FN2O2S2. The third-order valence-corrected chi connectivity index (χ3v) is 4.89. The number of fused-ring (bicyclic) bond motifs is 1. The van der Waals surface area contributed by atoms with Crippen molar-refractivity contribution in [2.45, 2.75) is 11.5 Å². The molecule has 0 fully saturated rings. The Morgan fingerprint density at radius 3 is 3.00 bits per heavy atom. The summed E-state index contributed by atoms with van der Waals surface area (Å²) in [6.45, 7) is 0. The van der Waals surface area contributed by atoms with Crippen LogP contribution in [0.25, 0.3) is 4.96 Å². The highest BCUT2D eigenvalue weighted by molar-refractivity contribution is 7.97. The molecule has 0 aliphatic carbocycles. The van der Waals surface area contributed by atoms with Crippen LogP contribution in [0.4, 0.5) is 4.39 Å².